The summed E-state index contributed by atoms with van der Waals surface area (Å²) in [5.74, 6) is -4.59. The summed E-state index contributed by atoms with van der Waals surface area (Å²) in [6, 6.07) is 0. The Labute approximate surface area is 107 Å². The van der Waals surface area contributed by atoms with Gasteiger partial charge in [0.1, 0.15) is 0 Å². The fourth-order valence-corrected chi connectivity index (χ4v) is 1.34. The van der Waals surface area contributed by atoms with E-state index in [4.69, 9.17) is 0 Å². The zero-order valence-electron chi connectivity index (χ0n) is 10.8. The monoisotopic (exact) mass is 281 g/mol. The maximum atomic E-state index is 12.7. The predicted octanol–water partition coefficient (Wildman–Crippen LogP) is 2.31. The normalized spacial score (nSPS) is 12.8. The highest BCUT2D eigenvalue weighted by atomic mass is 19.3. The van der Waals surface area contributed by atoms with Gasteiger partial charge >= 0.3 is 12.3 Å². The van der Waals surface area contributed by atoms with Crippen molar-refractivity contribution in [3.05, 3.63) is 22.7 Å². The summed E-state index contributed by atoms with van der Waals surface area (Å²) in [5, 5.41) is 1.97. The molecule has 1 N–H and O–H groups in total. The molecule has 108 valence electrons. The molecule has 0 atom stereocenters. The summed E-state index contributed by atoms with van der Waals surface area (Å²) in [6.07, 6.45) is -1.15. The first-order valence-corrected chi connectivity index (χ1v) is 5.53. The second-order valence-electron chi connectivity index (χ2n) is 5.04. The smallest absolute Gasteiger partial charge is 0.324 e. The van der Waals surface area contributed by atoms with Gasteiger partial charge < -0.3 is 9.88 Å². The first-order valence-electron chi connectivity index (χ1n) is 5.53. The van der Waals surface area contributed by atoms with E-state index < -0.39 is 30.0 Å². The number of hydrogen-bond acceptors (Lipinski definition) is 3. The summed E-state index contributed by atoms with van der Waals surface area (Å²) in [5.41, 5.74) is -1.21. The Hall–Kier alpha value is -1.60. The van der Waals surface area contributed by atoms with Crippen molar-refractivity contribution < 1.29 is 17.6 Å². The van der Waals surface area contributed by atoms with Gasteiger partial charge in [0.15, 0.2) is 5.82 Å². The van der Waals surface area contributed by atoms with Crippen molar-refractivity contribution in [3.63, 3.8) is 0 Å². The van der Waals surface area contributed by atoms with E-state index in [0.29, 0.717) is 0 Å². The third-order valence-corrected chi connectivity index (χ3v) is 2.37. The van der Waals surface area contributed by atoms with Crippen LogP contribution in [0.3, 0.4) is 0 Å². The molecule has 1 heterocycles. The van der Waals surface area contributed by atoms with Gasteiger partial charge in [0.2, 0.25) is 0 Å². The Balaban J connectivity index is 2.96. The van der Waals surface area contributed by atoms with Crippen LogP contribution in [-0.2, 0) is 5.54 Å². The van der Waals surface area contributed by atoms with E-state index in [0.717, 1.165) is 0 Å². The molecule has 4 nitrogen and oxygen atoms in total. The maximum absolute atomic E-state index is 12.7. The summed E-state index contributed by atoms with van der Waals surface area (Å²) in [6.45, 7) is 3.88. The Morgan fingerprint density at radius 2 is 1.95 bits per heavy atom. The molecule has 19 heavy (non-hydrogen) atoms. The number of hydrogen-bond donors (Lipinski definition) is 1. The molecule has 0 aliphatic heterocycles. The van der Waals surface area contributed by atoms with E-state index in [1.807, 2.05) is 5.32 Å². The van der Waals surface area contributed by atoms with Gasteiger partial charge in [-0.25, -0.2) is 13.8 Å². The Morgan fingerprint density at radius 3 is 2.42 bits per heavy atom. The Morgan fingerprint density at radius 1 is 1.37 bits per heavy atom. The van der Waals surface area contributed by atoms with Crippen LogP contribution in [0.15, 0.2) is 17.2 Å². The SMILES string of the molecule is CC(C)(C)n1ccnc(NCC(F)(F)C(F)F)c1=O. The van der Waals surface area contributed by atoms with Gasteiger partial charge in [0.25, 0.3) is 5.56 Å². The van der Waals surface area contributed by atoms with E-state index in [1.165, 1.54) is 17.0 Å². The van der Waals surface area contributed by atoms with Crippen molar-refractivity contribution in [2.24, 2.45) is 0 Å². The summed E-state index contributed by atoms with van der Waals surface area (Å²) < 4.78 is 50.8. The summed E-state index contributed by atoms with van der Waals surface area (Å²) in [7, 11) is 0. The zero-order chi connectivity index (χ0) is 14.8. The van der Waals surface area contributed by atoms with Gasteiger partial charge in [-0.05, 0) is 20.8 Å². The minimum atomic E-state index is -4.21. The van der Waals surface area contributed by atoms with Crippen LogP contribution in [0.25, 0.3) is 0 Å². The molecule has 0 saturated carbocycles. The number of nitrogens with zero attached hydrogens (tertiary/aromatic N) is 2. The topological polar surface area (TPSA) is 46.9 Å². The van der Waals surface area contributed by atoms with Gasteiger partial charge in [-0.2, -0.15) is 8.78 Å². The van der Waals surface area contributed by atoms with Crippen LogP contribution in [0.4, 0.5) is 23.4 Å². The average molecular weight is 281 g/mol. The molecule has 8 heteroatoms. The molecule has 1 rings (SSSR count). The van der Waals surface area contributed by atoms with Gasteiger partial charge in [0.05, 0.1) is 6.54 Å². The van der Waals surface area contributed by atoms with Gasteiger partial charge in [-0.3, -0.25) is 4.79 Å². The molecular weight excluding hydrogens is 266 g/mol. The summed E-state index contributed by atoms with van der Waals surface area (Å²) >= 11 is 0. The molecular formula is C11H15F4N3O. The summed E-state index contributed by atoms with van der Waals surface area (Å²) in [4.78, 5) is 15.5. The second-order valence-corrected chi connectivity index (χ2v) is 5.04. The molecule has 0 spiro atoms. The molecule has 0 bridgehead atoms. The molecule has 0 aliphatic rings. The first-order chi connectivity index (χ1) is 8.55. The molecule has 0 aliphatic carbocycles. The lowest BCUT2D eigenvalue weighted by molar-refractivity contribution is -0.117. The van der Waals surface area contributed by atoms with Crippen molar-refractivity contribution in [1.82, 2.24) is 9.55 Å². The van der Waals surface area contributed by atoms with Crippen molar-refractivity contribution >= 4 is 5.82 Å². The van der Waals surface area contributed by atoms with E-state index >= 15 is 0 Å². The van der Waals surface area contributed by atoms with Gasteiger partial charge in [-0.1, -0.05) is 0 Å². The van der Waals surface area contributed by atoms with E-state index in [9.17, 15) is 22.4 Å². The number of aromatic nitrogens is 2. The van der Waals surface area contributed by atoms with E-state index in [2.05, 4.69) is 4.98 Å². The minimum Gasteiger partial charge on any atom is -0.359 e. The highest BCUT2D eigenvalue weighted by Gasteiger charge is 2.40. The van der Waals surface area contributed by atoms with Crippen molar-refractivity contribution in [3.8, 4) is 0 Å². The van der Waals surface area contributed by atoms with Crippen LogP contribution in [-0.4, -0.2) is 28.4 Å². The fraction of sp³-hybridized carbons (Fsp3) is 0.636. The lowest BCUT2D eigenvalue weighted by Crippen LogP contribution is -2.39. The Kier molecular flexibility index (Phi) is 4.21. The molecule has 0 unspecified atom stereocenters. The number of rotatable bonds is 4. The average Bonchev–Trinajstić information content (AvgIpc) is 2.25. The predicted molar refractivity (Wildman–Crippen MR) is 62.9 cm³/mol. The maximum Gasteiger partial charge on any atom is 0.324 e. The Bertz CT molecular complexity index is 493. The number of nitrogens with one attached hydrogen (secondary N) is 1. The second kappa shape index (κ2) is 5.18. The third kappa shape index (κ3) is 3.68. The zero-order valence-corrected chi connectivity index (χ0v) is 10.8. The lowest BCUT2D eigenvalue weighted by Gasteiger charge is -2.23. The molecule has 0 aromatic carbocycles. The van der Waals surface area contributed by atoms with Crippen LogP contribution in [0.1, 0.15) is 20.8 Å². The third-order valence-electron chi connectivity index (χ3n) is 2.37. The van der Waals surface area contributed by atoms with Crippen LogP contribution < -0.4 is 10.9 Å². The highest BCUT2D eigenvalue weighted by Crippen LogP contribution is 2.22. The number of halogens is 4. The number of alkyl halides is 4. The standard InChI is InChI=1S/C11H15F4N3O/c1-10(2,3)18-5-4-16-7(8(18)19)17-6-11(14,15)9(12)13/h4-5,9H,6H2,1-3H3,(H,16,17). The van der Waals surface area contributed by atoms with Crippen LogP contribution in [0, 0.1) is 0 Å². The fourth-order valence-electron chi connectivity index (χ4n) is 1.34. The highest BCUT2D eigenvalue weighted by molar-refractivity contribution is 5.31. The molecule has 1 aromatic heterocycles. The number of anilines is 1. The van der Waals surface area contributed by atoms with Crippen molar-refractivity contribution in [2.75, 3.05) is 11.9 Å². The molecule has 0 saturated heterocycles. The molecule has 0 fully saturated rings. The van der Waals surface area contributed by atoms with Crippen LogP contribution in [0.2, 0.25) is 0 Å². The quantitative estimate of drug-likeness (QED) is 0.861. The minimum absolute atomic E-state index is 0.377. The lowest BCUT2D eigenvalue weighted by atomic mass is 10.1. The van der Waals surface area contributed by atoms with Crippen LogP contribution in [0.5, 0.6) is 0 Å². The molecule has 1 aromatic rings. The van der Waals surface area contributed by atoms with Crippen LogP contribution >= 0.6 is 0 Å². The van der Waals surface area contributed by atoms with Crippen molar-refractivity contribution in [2.45, 2.75) is 38.7 Å². The molecule has 0 radical (unpaired) electrons. The molecule has 0 amide bonds. The largest absolute Gasteiger partial charge is 0.359 e. The van der Waals surface area contributed by atoms with Crippen molar-refractivity contribution in [1.29, 1.82) is 0 Å². The first kappa shape index (κ1) is 15.5. The van der Waals surface area contributed by atoms with E-state index in [-0.39, 0.29) is 5.82 Å². The van der Waals surface area contributed by atoms with E-state index in [1.54, 1.807) is 20.8 Å². The van der Waals surface area contributed by atoms with Gasteiger partial charge in [0, 0.05) is 17.9 Å². The van der Waals surface area contributed by atoms with Gasteiger partial charge in [-0.15, -0.1) is 0 Å².